The van der Waals surface area contributed by atoms with Crippen LogP contribution in [0.25, 0.3) is 0 Å². The maximum Gasteiger partial charge on any atom is 0.311 e. The maximum atomic E-state index is 11.2. The molecule has 0 radical (unpaired) electrons. The van der Waals surface area contributed by atoms with Gasteiger partial charge in [0, 0.05) is 24.3 Å². The van der Waals surface area contributed by atoms with Gasteiger partial charge in [-0.3, -0.25) is 9.59 Å². The third kappa shape index (κ3) is 4.38. The largest absolute Gasteiger partial charge is 0.497 e. The molecule has 0 saturated heterocycles. The normalized spacial score (nSPS) is 18.4. The first-order chi connectivity index (χ1) is 12.0. The Balaban J connectivity index is 0.000000196. The van der Waals surface area contributed by atoms with Crippen molar-refractivity contribution in [1.82, 2.24) is 0 Å². The molecule has 0 bridgehead atoms. The van der Waals surface area contributed by atoms with Gasteiger partial charge >= 0.3 is 5.97 Å². The summed E-state index contributed by atoms with van der Waals surface area (Å²) < 4.78 is 4.90. The molecular weight excluding hydrogens is 318 g/mol. The Morgan fingerprint density at radius 1 is 1.20 bits per heavy atom. The Morgan fingerprint density at radius 3 is 2.40 bits per heavy atom. The van der Waals surface area contributed by atoms with Crippen molar-refractivity contribution >= 4 is 17.9 Å². The maximum absolute atomic E-state index is 11.2. The van der Waals surface area contributed by atoms with Crippen LogP contribution in [0, 0.1) is 0 Å². The van der Waals surface area contributed by atoms with Gasteiger partial charge in [-0.05, 0) is 49.2 Å². The number of aliphatic carboxylic acids is 1. The number of carboxylic acid groups (broad SMARTS) is 1. The van der Waals surface area contributed by atoms with Crippen LogP contribution in [0.15, 0.2) is 48.5 Å². The van der Waals surface area contributed by atoms with Crippen molar-refractivity contribution in [2.75, 3.05) is 19.1 Å². The molecule has 1 N–H and O–H groups in total. The zero-order valence-corrected chi connectivity index (χ0v) is 14.7. The predicted octanol–water partition coefficient (Wildman–Crippen LogP) is 3.59. The van der Waals surface area contributed by atoms with Crippen LogP contribution in [0.4, 0.5) is 5.69 Å². The number of fused-ring (bicyclic) bond motifs is 1. The fourth-order valence-corrected chi connectivity index (χ4v) is 2.88. The zero-order valence-electron chi connectivity index (χ0n) is 14.7. The lowest BCUT2D eigenvalue weighted by Gasteiger charge is -2.36. The van der Waals surface area contributed by atoms with Gasteiger partial charge in [-0.2, -0.15) is 0 Å². The minimum absolute atomic E-state index is 0.279. The minimum Gasteiger partial charge on any atom is -0.497 e. The van der Waals surface area contributed by atoms with E-state index in [1.54, 1.807) is 31.4 Å². The van der Waals surface area contributed by atoms with E-state index in [4.69, 9.17) is 4.74 Å². The lowest BCUT2D eigenvalue weighted by atomic mass is 9.86. The molecule has 2 aromatic carbocycles. The molecule has 5 nitrogen and oxygen atoms in total. The van der Waals surface area contributed by atoms with Gasteiger partial charge in [0.25, 0.3) is 0 Å². The third-order valence-electron chi connectivity index (χ3n) is 4.48. The van der Waals surface area contributed by atoms with Crippen LogP contribution in [-0.2, 0) is 4.79 Å². The second-order valence-electron chi connectivity index (χ2n) is 6.04. The smallest absolute Gasteiger partial charge is 0.311 e. The van der Waals surface area contributed by atoms with Crippen LogP contribution in [0.1, 0.15) is 35.2 Å². The van der Waals surface area contributed by atoms with Crippen molar-refractivity contribution in [1.29, 1.82) is 0 Å². The molecule has 2 unspecified atom stereocenters. The van der Waals surface area contributed by atoms with Gasteiger partial charge in [0.2, 0.25) is 0 Å². The molecule has 0 spiro atoms. The van der Waals surface area contributed by atoms with Crippen LogP contribution in [0.2, 0.25) is 0 Å². The van der Waals surface area contributed by atoms with Gasteiger partial charge in [-0.25, -0.2) is 0 Å². The van der Waals surface area contributed by atoms with E-state index in [1.807, 2.05) is 31.3 Å². The number of nitrogens with zero attached hydrogens (tertiary/aromatic N) is 1. The van der Waals surface area contributed by atoms with Crippen molar-refractivity contribution in [2.24, 2.45) is 0 Å². The molecule has 1 aliphatic heterocycles. The molecule has 1 aliphatic rings. The summed E-state index contributed by atoms with van der Waals surface area (Å²) in [6, 6.07) is 15.0. The fraction of sp³-hybridized carbons (Fsp3) is 0.300. The number of para-hydroxylation sites is 1. The number of hydrogen-bond donors (Lipinski definition) is 1. The summed E-state index contributed by atoms with van der Waals surface area (Å²) in [5.74, 6) is -0.305. The number of anilines is 1. The summed E-state index contributed by atoms with van der Waals surface area (Å²) in [5.41, 5.74) is 2.65. The molecule has 0 amide bonds. The molecule has 1 heterocycles. The van der Waals surface area contributed by atoms with E-state index in [2.05, 4.69) is 11.8 Å². The first-order valence-electron chi connectivity index (χ1n) is 8.11. The molecule has 2 aromatic rings. The summed E-state index contributed by atoms with van der Waals surface area (Å²) in [5, 5.41) is 9.17. The number of rotatable bonds is 3. The van der Waals surface area contributed by atoms with Crippen LogP contribution in [0.3, 0.4) is 0 Å². The Morgan fingerprint density at radius 2 is 1.84 bits per heavy atom. The Kier molecular flexibility index (Phi) is 6.17. The van der Waals surface area contributed by atoms with Crippen molar-refractivity contribution in [3.8, 4) is 5.75 Å². The first kappa shape index (κ1) is 18.5. The van der Waals surface area contributed by atoms with Crippen LogP contribution < -0.4 is 9.64 Å². The monoisotopic (exact) mass is 341 g/mol. The van der Waals surface area contributed by atoms with Gasteiger partial charge in [-0.1, -0.05) is 18.2 Å². The quantitative estimate of drug-likeness (QED) is 0.864. The Bertz CT molecular complexity index is 727. The fourth-order valence-electron chi connectivity index (χ4n) is 2.88. The van der Waals surface area contributed by atoms with Crippen molar-refractivity contribution < 1.29 is 19.4 Å². The number of carboxylic acids is 1. The molecule has 2 atom stereocenters. The van der Waals surface area contributed by atoms with E-state index in [9.17, 15) is 14.7 Å². The summed E-state index contributed by atoms with van der Waals surface area (Å²) in [6.45, 7) is 2.06. The number of benzene rings is 2. The number of hydrogen-bond acceptors (Lipinski definition) is 4. The number of carbonyl (C=O) groups excluding carboxylic acids is 1. The van der Waals surface area contributed by atoms with Crippen molar-refractivity contribution in [3.05, 3.63) is 59.7 Å². The van der Waals surface area contributed by atoms with Crippen LogP contribution in [-0.4, -0.2) is 37.6 Å². The summed E-state index contributed by atoms with van der Waals surface area (Å²) in [7, 11) is 3.61. The van der Waals surface area contributed by atoms with Gasteiger partial charge in [0.15, 0.2) is 0 Å². The number of ether oxygens (including phenoxy) is 1. The topological polar surface area (TPSA) is 66.8 Å². The molecule has 0 aromatic heterocycles. The number of carbonyl (C=O) groups is 2. The minimum atomic E-state index is -0.720. The van der Waals surface area contributed by atoms with E-state index in [0.29, 0.717) is 12.0 Å². The average Bonchev–Trinajstić information content (AvgIpc) is 2.65. The second kappa shape index (κ2) is 8.33. The molecule has 3 rings (SSSR count). The highest BCUT2D eigenvalue weighted by Crippen LogP contribution is 2.37. The van der Waals surface area contributed by atoms with E-state index in [0.717, 1.165) is 23.3 Å². The van der Waals surface area contributed by atoms with Gasteiger partial charge in [0.1, 0.15) is 12.0 Å². The van der Waals surface area contributed by atoms with E-state index in [1.165, 1.54) is 0 Å². The van der Waals surface area contributed by atoms with Gasteiger partial charge in [-0.15, -0.1) is 0 Å². The molecule has 0 aliphatic carbocycles. The number of aldehydes is 1. The Labute approximate surface area is 147 Å². The van der Waals surface area contributed by atoms with E-state index < -0.39 is 5.97 Å². The average molecular weight is 341 g/mol. The molecule has 132 valence electrons. The highest BCUT2D eigenvalue weighted by Gasteiger charge is 2.31. The predicted molar refractivity (Wildman–Crippen MR) is 97.7 cm³/mol. The SMILES string of the molecule is CC1CC(C(=O)O)c2ccccc2N1C.COc1ccc(C=O)cc1. The van der Waals surface area contributed by atoms with Crippen LogP contribution >= 0.6 is 0 Å². The highest BCUT2D eigenvalue weighted by atomic mass is 16.5. The summed E-state index contributed by atoms with van der Waals surface area (Å²) in [6.07, 6.45) is 1.49. The van der Waals surface area contributed by atoms with E-state index >= 15 is 0 Å². The number of methoxy groups -OCH3 is 1. The lowest BCUT2D eigenvalue weighted by Crippen LogP contribution is -2.37. The lowest BCUT2D eigenvalue weighted by molar-refractivity contribution is -0.139. The molecule has 25 heavy (non-hydrogen) atoms. The Hall–Kier alpha value is -2.82. The second-order valence-corrected chi connectivity index (χ2v) is 6.04. The van der Waals surface area contributed by atoms with Gasteiger partial charge < -0.3 is 14.7 Å². The first-order valence-corrected chi connectivity index (χ1v) is 8.11. The molecule has 0 fully saturated rings. The van der Waals surface area contributed by atoms with Crippen molar-refractivity contribution in [3.63, 3.8) is 0 Å². The third-order valence-corrected chi connectivity index (χ3v) is 4.48. The van der Waals surface area contributed by atoms with E-state index in [-0.39, 0.29) is 12.0 Å². The summed E-state index contributed by atoms with van der Waals surface area (Å²) in [4.78, 5) is 23.5. The van der Waals surface area contributed by atoms with Crippen molar-refractivity contribution in [2.45, 2.75) is 25.3 Å². The standard InChI is InChI=1S/C12H15NO2.C8H8O2/c1-8-7-10(12(14)15)9-5-3-4-6-11(9)13(8)2;1-10-8-4-2-7(6-9)3-5-8/h3-6,8,10H,7H2,1-2H3,(H,14,15);2-6H,1H3. The zero-order chi connectivity index (χ0) is 18.4. The highest BCUT2D eigenvalue weighted by molar-refractivity contribution is 5.80. The van der Waals surface area contributed by atoms with Gasteiger partial charge in [0.05, 0.1) is 13.0 Å². The van der Waals surface area contributed by atoms with Crippen LogP contribution in [0.5, 0.6) is 5.75 Å². The summed E-state index contributed by atoms with van der Waals surface area (Å²) >= 11 is 0. The molecule has 5 heteroatoms. The molecular formula is C20H23NO4. The molecule has 0 saturated carbocycles.